The fourth-order valence-electron chi connectivity index (χ4n) is 2.23. The molecule has 3 rings (SSSR count). The molecule has 0 unspecified atom stereocenters. The summed E-state index contributed by atoms with van der Waals surface area (Å²) in [6, 6.07) is 10.5. The maximum absolute atomic E-state index is 12.2. The van der Waals surface area contributed by atoms with Gasteiger partial charge in [-0.15, -0.1) is 10.2 Å². The lowest BCUT2D eigenvalue weighted by molar-refractivity contribution is -0.113. The van der Waals surface area contributed by atoms with Crippen molar-refractivity contribution in [1.29, 1.82) is 0 Å². The van der Waals surface area contributed by atoms with Gasteiger partial charge in [-0.1, -0.05) is 62.5 Å². The van der Waals surface area contributed by atoms with Gasteiger partial charge in [-0.05, 0) is 36.4 Å². The highest BCUT2D eigenvalue weighted by atomic mass is 79.9. The first-order valence-electron chi connectivity index (χ1n) is 7.57. The molecule has 0 aliphatic heterocycles. The van der Waals surface area contributed by atoms with Crippen molar-refractivity contribution in [2.24, 2.45) is 7.05 Å². The fraction of sp³-hybridized carbons (Fsp3) is 0.118. The van der Waals surface area contributed by atoms with Crippen molar-refractivity contribution < 1.29 is 4.79 Å². The van der Waals surface area contributed by atoms with E-state index in [0.29, 0.717) is 31.7 Å². The number of rotatable bonds is 5. The summed E-state index contributed by atoms with van der Waals surface area (Å²) < 4.78 is 2.64. The number of benzene rings is 2. The average molecular weight is 507 g/mol. The smallest absolute Gasteiger partial charge is 0.234 e. The van der Waals surface area contributed by atoms with Gasteiger partial charge < -0.3 is 9.88 Å². The molecule has 2 aromatic carbocycles. The molecular weight excluding hydrogens is 495 g/mol. The maximum atomic E-state index is 12.2. The topological polar surface area (TPSA) is 59.8 Å². The summed E-state index contributed by atoms with van der Waals surface area (Å²) in [4.78, 5) is 12.2. The molecule has 0 saturated carbocycles. The second kappa shape index (κ2) is 8.84. The van der Waals surface area contributed by atoms with Crippen molar-refractivity contribution in [2.75, 3.05) is 11.1 Å². The molecule has 0 radical (unpaired) electrons. The summed E-state index contributed by atoms with van der Waals surface area (Å²) in [7, 11) is 1.82. The van der Waals surface area contributed by atoms with Gasteiger partial charge >= 0.3 is 0 Å². The van der Waals surface area contributed by atoms with Crippen molar-refractivity contribution in [3.8, 4) is 11.4 Å². The number of amides is 1. The van der Waals surface area contributed by atoms with Crippen molar-refractivity contribution in [3.05, 3.63) is 55.9 Å². The van der Waals surface area contributed by atoms with Gasteiger partial charge in [0.25, 0.3) is 0 Å². The van der Waals surface area contributed by atoms with Crippen molar-refractivity contribution >= 4 is 74.1 Å². The number of nitrogens with zero attached hydrogens (tertiary/aromatic N) is 3. The zero-order valence-corrected chi connectivity index (χ0v) is 18.5. The lowest BCUT2D eigenvalue weighted by atomic mass is 10.2. The molecule has 0 atom stereocenters. The van der Waals surface area contributed by atoms with Crippen LogP contribution in [0.25, 0.3) is 11.4 Å². The number of thioether (sulfide) groups is 1. The van der Waals surface area contributed by atoms with Crippen molar-refractivity contribution in [2.45, 2.75) is 5.16 Å². The van der Waals surface area contributed by atoms with Gasteiger partial charge in [0.05, 0.1) is 26.5 Å². The molecule has 27 heavy (non-hydrogen) atoms. The molecule has 0 aliphatic rings. The quantitative estimate of drug-likeness (QED) is 0.436. The first-order chi connectivity index (χ1) is 12.8. The predicted molar refractivity (Wildman–Crippen MR) is 115 cm³/mol. The van der Waals surface area contributed by atoms with E-state index in [1.807, 2.05) is 13.1 Å². The molecule has 0 bridgehead atoms. The van der Waals surface area contributed by atoms with Crippen LogP contribution in [0, 0.1) is 0 Å². The van der Waals surface area contributed by atoms with E-state index < -0.39 is 0 Å². The highest BCUT2D eigenvalue weighted by Crippen LogP contribution is 2.29. The first-order valence-corrected chi connectivity index (χ1v) is 10.5. The zero-order chi connectivity index (χ0) is 19.6. The van der Waals surface area contributed by atoms with Crippen LogP contribution in [0.5, 0.6) is 0 Å². The Balaban J connectivity index is 1.67. The molecule has 1 heterocycles. The lowest BCUT2D eigenvalue weighted by Gasteiger charge is -2.08. The SMILES string of the molecule is Cn1c(SCC(=O)Nc2ccc(Br)cc2Cl)nnc1-c1ccc(Cl)c(Cl)c1. The van der Waals surface area contributed by atoms with Crippen LogP contribution < -0.4 is 5.32 Å². The molecule has 1 N–H and O–H groups in total. The molecule has 0 aliphatic carbocycles. The Morgan fingerprint density at radius 3 is 2.59 bits per heavy atom. The van der Waals surface area contributed by atoms with E-state index in [0.717, 1.165) is 10.0 Å². The zero-order valence-electron chi connectivity index (χ0n) is 13.8. The highest BCUT2D eigenvalue weighted by molar-refractivity contribution is 9.10. The number of hydrogen-bond donors (Lipinski definition) is 1. The van der Waals surface area contributed by atoms with E-state index >= 15 is 0 Å². The van der Waals surface area contributed by atoms with Crippen LogP contribution in [0.15, 0.2) is 46.0 Å². The van der Waals surface area contributed by atoms with E-state index in [4.69, 9.17) is 34.8 Å². The molecule has 0 spiro atoms. The van der Waals surface area contributed by atoms with Gasteiger partial charge in [0.15, 0.2) is 11.0 Å². The third-order valence-electron chi connectivity index (χ3n) is 3.55. The molecule has 0 saturated heterocycles. The van der Waals surface area contributed by atoms with E-state index in [1.54, 1.807) is 34.9 Å². The third-order valence-corrected chi connectivity index (χ3v) is 6.12. The van der Waals surface area contributed by atoms with Gasteiger partial charge in [-0.25, -0.2) is 0 Å². The summed E-state index contributed by atoms with van der Waals surface area (Å²) in [5, 5.41) is 13.1. The van der Waals surface area contributed by atoms with Crippen LogP contribution >= 0.6 is 62.5 Å². The van der Waals surface area contributed by atoms with Crippen LogP contribution in [0.4, 0.5) is 5.69 Å². The minimum Gasteiger partial charge on any atom is -0.324 e. The van der Waals surface area contributed by atoms with Gasteiger partial charge in [-0.2, -0.15) is 0 Å². The van der Waals surface area contributed by atoms with Crippen LogP contribution in [-0.2, 0) is 11.8 Å². The predicted octanol–water partition coefficient (Wildman–Crippen LogP) is 5.94. The number of anilines is 1. The standard InChI is InChI=1S/C17H12BrCl3N4OS/c1-25-16(9-2-4-11(19)12(20)6-9)23-24-17(25)27-8-15(26)22-14-5-3-10(18)7-13(14)21/h2-7H,8H2,1H3,(H,22,26). The molecule has 0 fully saturated rings. The summed E-state index contributed by atoms with van der Waals surface area (Å²) in [5.74, 6) is 0.607. The van der Waals surface area contributed by atoms with Gasteiger partial charge in [-0.3, -0.25) is 4.79 Å². The lowest BCUT2D eigenvalue weighted by Crippen LogP contribution is -2.14. The number of hydrogen-bond acceptors (Lipinski definition) is 4. The Morgan fingerprint density at radius 1 is 1.11 bits per heavy atom. The normalized spacial score (nSPS) is 10.9. The Kier molecular flexibility index (Phi) is 6.70. The molecule has 1 amide bonds. The molecular formula is C17H12BrCl3N4OS. The van der Waals surface area contributed by atoms with Crippen molar-refractivity contribution in [3.63, 3.8) is 0 Å². The Bertz CT molecular complexity index is 1010. The van der Waals surface area contributed by atoms with E-state index in [-0.39, 0.29) is 11.7 Å². The number of halogens is 4. The Morgan fingerprint density at radius 2 is 1.89 bits per heavy atom. The van der Waals surface area contributed by atoms with Gasteiger partial charge in [0.1, 0.15) is 0 Å². The van der Waals surface area contributed by atoms with E-state index in [2.05, 4.69) is 31.4 Å². The summed E-state index contributed by atoms with van der Waals surface area (Å²) in [6.45, 7) is 0. The second-order valence-electron chi connectivity index (χ2n) is 5.46. The number of nitrogens with one attached hydrogen (secondary N) is 1. The van der Waals surface area contributed by atoms with Crippen LogP contribution in [-0.4, -0.2) is 26.4 Å². The molecule has 140 valence electrons. The fourth-order valence-corrected chi connectivity index (χ4v) is 3.96. The van der Waals surface area contributed by atoms with Crippen LogP contribution in [0.1, 0.15) is 0 Å². The van der Waals surface area contributed by atoms with Gasteiger partial charge in [0, 0.05) is 17.1 Å². The maximum Gasteiger partial charge on any atom is 0.234 e. The largest absolute Gasteiger partial charge is 0.324 e. The number of aromatic nitrogens is 3. The minimum absolute atomic E-state index is 0.166. The van der Waals surface area contributed by atoms with Gasteiger partial charge in [0.2, 0.25) is 5.91 Å². The monoisotopic (exact) mass is 504 g/mol. The summed E-state index contributed by atoms with van der Waals surface area (Å²) >= 11 is 22.7. The van der Waals surface area contributed by atoms with Crippen molar-refractivity contribution in [1.82, 2.24) is 14.8 Å². The number of carbonyl (C=O) groups is 1. The minimum atomic E-state index is -0.191. The summed E-state index contributed by atoms with van der Waals surface area (Å²) in [6.07, 6.45) is 0. The van der Waals surface area contributed by atoms with Crippen LogP contribution in [0.2, 0.25) is 15.1 Å². The molecule has 10 heteroatoms. The van der Waals surface area contributed by atoms with E-state index in [9.17, 15) is 4.79 Å². The third kappa shape index (κ3) is 4.97. The number of carbonyl (C=O) groups excluding carboxylic acids is 1. The molecule has 3 aromatic rings. The van der Waals surface area contributed by atoms with E-state index in [1.165, 1.54) is 11.8 Å². The first kappa shape index (κ1) is 20.5. The van der Waals surface area contributed by atoms with Crippen LogP contribution in [0.3, 0.4) is 0 Å². The highest BCUT2D eigenvalue weighted by Gasteiger charge is 2.14. The Labute approximate surface area is 183 Å². The summed E-state index contributed by atoms with van der Waals surface area (Å²) in [5.41, 5.74) is 1.34. The second-order valence-corrected chi connectivity index (χ2v) is 8.53. The Hall–Kier alpha value is -1.25. The average Bonchev–Trinajstić information content (AvgIpc) is 2.99. The molecule has 1 aromatic heterocycles. The molecule has 5 nitrogen and oxygen atoms in total.